The minimum atomic E-state index is -0.813. The standard InChI is InChI=1S/C26H36O7/c1-18(7-6-8-22-12-14-30-17-22)15-23(31-20(3)27)16-19(2)9-10-24(32-21(4)28)26(5)13-11-25(29)33-26/h7,12,14,16-17,23-24H,6,8-11,13,15H2,1-5H3/t23-,24+,26-/m0/s1. The monoisotopic (exact) mass is 460 g/mol. The summed E-state index contributed by atoms with van der Waals surface area (Å²) in [5, 5.41) is 0. The number of aryl methyl sites for hydroxylation is 1. The minimum absolute atomic E-state index is 0.271. The Labute approximate surface area is 196 Å². The molecule has 0 N–H and O–H groups in total. The van der Waals surface area contributed by atoms with Gasteiger partial charge in [-0.1, -0.05) is 17.2 Å². The molecule has 3 atom stereocenters. The molecule has 1 aromatic rings. The van der Waals surface area contributed by atoms with Crippen molar-refractivity contribution < 1.29 is 33.0 Å². The van der Waals surface area contributed by atoms with Gasteiger partial charge in [0.25, 0.3) is 0 Å². The predicted octanol–water partition coefficient (Wildman–Crippen LogP) is 5.23. The van der Waals surface area contributed by atoms with Gasteiger partial charge in [-0.2, -0.15) is 0 Å². The summed E-state index contributed by atoms with van der Waals surface area (Å²) < 4.78 is 21.6. The number of rotatable bonds is 12. The second kappa shape index (κ2) is 12.4. The fraction of sp³-hybridized carbons (Fsp3) is 0.577. The molecule has 7 nitrogen and oxygen atoms in total. The molecule has 1 saturated heterocycles. The number of ether oxygens (including phenoxy) is 3. The molecule has 7 heteroatoms. The zero-order chi connectivity index (χ0) is 24.4. The van der Waals surface area contributed by atoms with Crippen LogP contribution in [0.1, 0.15) is 78.7 Å². The SMILES string of the molecule is CC(=O)O[C@H](C=C(C)CC[C@@H](OC(C)=O)[C@]1(C)CCC(=O)O1)CC(C)=CCCc1ccoc1. The molecule has 1 fully saturated rings. The van der Waals surface area contributed by atoms with Gasteiger partial charge in [0, 0.05) is 33.1 Å². The molecule has 0 unspecified atom stereocenters. The first-order chi connectivity index (χ1) is 15.6. The van der Waals surface area contributed by atoms with E-state index in [1.165, 1.54) is 13.8 Å². The van der Waals surface area contributed by atoms with E-state index < -0.39 is 17.7 Å². The van der Waals surface area contributed by atoms with Gasteiger partial charge >= 0.3 is 17.9 Å². The van der Waals surface area contributed by atoms with E-state index in [1.54, 1.807) is 12.5 Å². The molecule has 1 aliphatic rings. The van der Waals surface area contributed by atoms with Crippen LogP contribution in [0.4, 0.5) is 0 Å². The smallest absolute Gasteiger partial charge is 0.306 e. The van der Waals surface area contributed by atoms with E-state index in [2.05, 4.69) is 6.08 Å². The van der Waals surface area contributed by atoms with Gasteiger partial charge in [0.05, 0.1) is 12.5 Å². The van der Waals surface area contributed by atoms with Gasteiger partial charge in [-0.15, -0.1) is 0 Å². The van der Waals surface area contributed by atoms with Gasteiger partial charge in [0.1, 0.15) is 17.8 Å². The maximum Gasteiger partial charge on any atom is 0.306 e. The Bertz CT molecular complexity index is 865. The van der Waals surface area contributed by atoms with E-state index in [1.807, 2.05) is 32.9 Å². The van der Waals surface area contributed by atoms with Crippen molar-refractivity contribution in [3.63, 3.8) is 0 Å². The van der Waals surface area contributed by atoms with E-state index in [9.17, 15) is 14.4 Å². The minimum Gasteiger partial charge on any atom is -0.472 e. The lowest BCUT2D eigenvalue weighted by Gasteiger charge is -2.32. The van der Waals surface area contributed by atoms with Gasteiger partial charge < -0.3 is 18.6 Å². The summed E-state index contributed by atoms with van der Waals surface area (Å²) in [4.78, 5) is 34.9. The molecule has 0 saturated carbocycles. The van der Waals surface area contributed by atoms with E-state index >= 15 is 0 Å². The summed E-state index contributed by atoms with van der Waals surface area (Å²) in [6.45, 7) is 8.56. The van der Waals surface area contributed by atoms with Crippen LogP contribution >= 0.6 is 0 Å². The third-order valence-corrected chi connectivity index (χ3v) is 5.78. The quantitative estimate of drug-likeness (QED) is 0.239. The third-order valence-electron chi connectivity index (χ3n) is 5.78. The molecule has 0 aliphatic carbocycles. The average molecular weight is 461 g/mol. The second-order valence-electron chi connectivity index (χ2n) is 9.01. The summed E-state index contributed by atoms with van der Waals surface area (Å²) in [6, 6.07) is 1.95. The number of allylic oxidation sites excluding steroid dienone is 2. The zero-order valence-electron chi connectivity index (χ0n) is 20.3. The lowest BCUT2D eigenvalue weighted by Crippen LogP contribution is -2.42. The molecule has 2 heterocycles. The summed E-state index contributed by atoms with van der Waals surface area (Å²) in [5.74, 6) is -1.01. The normalized spacial score (nSPS) is 20.8. The highest BCUT2D eigenvalue weighted by molar-refractivity contribution is 5.72. The van der Waals surface area contributed by atoms with E-state index in [4.69, 9.17) is 18.6 Å². The molecular formula is C26H36O7. The number of hydrogen-bond donors (Lipinski definition) is 0. The van der Waals surface area contributed by atoms with Crippen LogP contribution in [-0.2, 0) is 35.0 Å². The highest BCUT2D eigenvalue weighted by atomic mass is 16.6. The Morgan fingerprint density at radius 2 is 1.88 bits per heavy atom. The van der Waals surface area contributed by atoms with Crippen LogP contribution in [0.15, 0.2) is 46.3 Å². The number of carbonyl (C=O) groups excluding carboxylic acids is 3. The Morgan fingerprint density at radius 1 is 1.15 bits per heavy atom. The molecule has 182 valence electrons. The van der Waals surface area contributed by atoms with Gasteiger partial charge in [-0.05, 0) is 64.2 Å². The van der Waals surface area contributed by atoms with Crippen LogP contribution in [0.5, 0.6) is 0 Å². The molecule has 0 aromatic carbocycles. The van der Waals surface area contributed by atoms with Gasteiger partial charge in [-0.3, -0.25) is 14.4 Å². The number of esters is 3. The topological polar surface area (TPSA) is 92.0 Å². The zero-order valence-corrected chi connectivity index (χ0v) is 20.3. The van der Waals surface area contributed by atoms with Crippen molar-refractivity contribution in [3.05, 3.63) is 47.5 Å². The maximum absolute atomic E-state index is 11.6. The number of cyclic esters (lactones) is 1. The van der Waals surface area contributed by atoms with Crippen LogP contribution in [0.25, 0.3) is 0 Å². The fourth-order valence-corrected chi connectivity index (χ4v) is 4.06. The largest absolute Gasteiger partial charge is 0.472 e. The van der Waals surface area contributed by atoms with Crippen molar-refractivity contribution in [1.29, 1.82) is 0 Å². The number of carbonyl (C=O) groups is 3. The average Bonchev–Trinajstić information content (AvgIpc) is 3.34. The van der Waals surface area contributed by atoms with Crippen molar-refractivity contribution in [2.24, 2.45) is 0 Å². The van der Waals surface area contributed by atoms with Crippen LogP contribution in [0.2, 0.25) is 0 Å². The highest BCUT2D eigenvalue weighted by Crippen LogP contribution is 2.34. The molecule has 1 aromatic heterocycles. The first-order valence-corrected chi connectivity index (χ1v) is 11.5. The van der Waals surface area contributed by atoms with Crippen LogP contribution in [0, 0.1) is 0 Å². The lowest BCUT2D eigenvalue weighted by molar-refractivity contribution is -0.172. The van der Waals surface area contributed by atoms with Gasteiger partial charge in [-0.25, -0.2) is 0 Å². The predicted molar refractivity (Wildman–Crippen MR) is 123 cm³/mol. The summed E-state index contributed by atoms with van der Waals surface area (Å²) in [7, 11) is 0. The Kier molecular flexibility index (Phi) is 9.95. The van der Waals surface area contributed by atoms with Crippen molar-refractivity contribution in [1.82, 2.24) is 0 Å². The highest BCUT2D eigenvalue weighted by Gasteiger charge is 2.44. The molecule has 0 radical (unpaired) electrons. The first kappa shape index (κ1) is 26.4. The van der Waals surface area contributed by atoms with Crippen LogP contribution < -0.4 is 0 Å². The molecule has 2 rings (SSSR count). The molecule has 0 bridgehead atoms. The maximum atomic E-state index is 11.6. The molecule has 0 spiro atoms. The first-order valence-electron chi connectivity index (χ1n) is 11.5. The van der Waals surface area contributed by atoms with Crippen molar-refractivity contribution in [3.8, 4) is 0 Å². The van der Waals surface area contributed by atoms with E-state index in [0.717, 1.165) is 29.6 Å². The summed E-state index contributed by atoms with van der Waals surface area (Å²) in [6.07, 6.45) is 10.9. The Balaban J connectivity index is 1.98. The van der Waals surface area contributed by atoms with Crippen molar-refractivity contribution in [2.75, 3.05) is 0 Å². The van der Waals surface area contributed by atoms with E-state index in [0.29, 0.717) is 32.1 Å². The molecule has 1 aliphatic heterocycles. The molecule has 33 heavy (non-hydrogen) atoms. The summed E-state index contributed by atoms with van der Waals surface area (Å²) in [5.41, 5.74) is 2.48. The fourth-order valence-electron chi connectivity index (χ4n) is 4.06. The number of furan rings is 1. The molecule has 0 amide bonds. The second-order valence-corrected chi connectivity index (χ2v) is 9.01. The Hall–Kier alpha value is -2.83. The lowest BCUT2D eigenvalue weighted by atomic mass is 9.90. The van der Waals surface area contributed by atoms with Crippen molar-refractivity contribution in [2.45, 2.75) is 97.4 Å². The summed E-state index contributed by atoms with van der Waals surface area (Å²) >= 11 is 0. The Morgan fingerprint density at radius 3 is 2.45 bits per heavy atom. The molecular weight excluding hydrogens is 424 g/mol. The van der Waals surface area contributed by atoms with Crippen LogP contribution in [0.3, 0.4) is 0 Å². The number of hydrogen-bond acceptors (Lipinski definition) is 7. The van der Waals surface area contributed by atoms with Gasteiger partial charge in [0.2, 0.25) is 0 Å². The van der Waals surface area contributed by atoms with Crippen LogP contribution in [-0.4, -0.2) is 35.7 Å². The van der Waals surface area contributed by atoms with Crippen molar-refractivity contribution >= 4 is 17.9 Å². The van der Waals surface area contributed by atoms with Gasteiger partial charge in [0.15, 0.2) is 0 Å². The third kappa shape index (κ3) is 9.28. The van der Waals surface area contributed by atoms with E-state index in [-0.39, 0.29) is 18.0 Å².